The van der Waals surface area contributed by atoms with Crippen LogP contribution in [0.5, 0.6) is 0 Å². The number of anilines is 1. The Balaban J connectivity index is 1.29. The van der Waals surface area contributed by atoms with E-state index in [1.54, 1.807) is 6.20 Å². The SMILES string of the molecule is O=C(CSc1nnc(-c2ccccc2)n1-c1ccc(Cl)cc1)Nc1ncc(Cc2ccccc2Cl)s1. The number of amides is 1. The van der Waals surface area contributed by atoms with Gasteiger partial charge in [0.05, 0.1) is 5.75 Å². The van der Waals surface area contributed by atoms with E-state index in [0.29, 0.717) is 32.6 Å². The number of rotatable bonds is 8. The molecular formula is C26H19Cl2N5OS2. The second-order valence-corrected chi connectivity index (χ2v) is 10.6. The van der Waals surface area contributed by atoms with Gasteiger partial charge < -0.3 is 5.32 Å². The van der Waals surface area contributed by atoms with E-state index in [-0.39, 0.29) is 11.7 Å². The van der Waals surface area contributed by atoms with Crippen molar-refractivity contribution in [1.82, 2.24) is 19.7 Å². The zero-order valence-corrected chi connectivity index (χ0v) is 21.9. The van der Waals surface area contributed by atoms with E-state index in [4.69, 9.17) is 23.2 Å². The van der Waals surface area contributed by atoms with Crippen LogP contribution in [0.15, 0.2) is 90.2 Å². The Kier molecular flexibility index (Phi) is 7.67. The number of carbonyl (C=O) groups is 1. The molecule has 0 saturated carbocycles. The second-order valence-electron chi connectivity index (χ2n) is 7.72. The van der Waals surface area contributed by atoms with E-state index >= 15 is 0 Å². The van der Waals surface area contributed by atoms with Gasteiger partial charge in [0.25, 0.3) is 0 Å². The van der Waals surface area contributed by atoms with Gasteiger partial charge in [-0.2, -0.15) is 0 Å². The van der Waals surface area contributed by atoms with Crippen molar-refractivity contribution in [2.75, 3.05) is 11.1 Å². The summed E-state index contributed by atoms with van der Waals surface area (Å²) in [5, 5.41) is 14.2. The van der Waals surface area contributed by atoms with Gasteiger partial charge in [-0.15, -0.1) is 21.5 Å². The molecule has 5 aromatic rings. The van der Waals surface area contributed by atoms with Crippen molar-refractivity contribution in [3.05, 3.63) is 106 Å². The maximum atomic E-state index is 12.7. The minimum atomic E-state index is -0.175. The Morgan fingerprint density at radius 2 is 1.69 bits per heavy atom. The quantitative estimate of drug-likeness (QED) is 0.210. The van der Waals surface area contributed by atoms with Gasteiger partial charge in [-0.25, -0.2) is 4.98 Å². The van der Waals surface area contributed by atoms with Crippen LogP contribution in [0, 0.1) is 0 Å². The molecule has 6 nitrogen and oxygen atoms in total. The van der Waals surface area contributed by atoms with Crippen LogP contribution in [-0.2, 0) is 11.2 Å². The number of nitrogens with zero attached hydrogens (tertiary/aromatic N) is 4. The van der Waals surface area contributed by atoms with Gasteiger partial charge in [0.2, 0.25) is 5.91 Å². The standard InChI is InChI=1S/C26H19Cl2N5OS2/c27-19-10-12-20(13-11-19)33-24(17-6-2-1-3-7-17)31-32-26(33)35-16-23(34)30-25-29-15-21(36-25)14-18-8-4-5-9-22(18)28/h1-13,15H,14,16H2,(H,29,30,34). The van der Waals surface area contributed by atoms with Crippen molar-refractivity contribution in [3.8, 4) is 17.1 Å². The molecule has 36 heavy (non-hydrogen) atoms. The molecule has 0 spiro atoms. The van der Waals surface area contributed by atoms with Gasteiger partial charge in [-0.1, -0.05) is 83.5 Å². The number of thioether (sulfide) groups is 1. The molecule has 0 aliphatic rings. The molecule has 1 N–H and O–H groups in total. The summed E-state index contributed by atoms with van der Waals surface area (Å²) < 4.78 is 1.93. The average molecular weight is 553 g/mol. The number of carbonyl (C=O) groups excluding carboxylic acids is 1. The fraction of sp³-hybridized carbons (Fsp3) is 0.0769. The molecule has 0 aliphatic carbocycles. The Morgan fingerprint density at radius 1 is 0.944 bits per heavy atom. The third-order valence-electron chi connectivity index (χ3n) is 5.20. The lowest BCUT2D eigenvalue weighted by molar-refractivity contribution is -0.113. The lowest BCUT2D eigenvalue weighted by atomic mass is 10.1. The highest BCUT2D eigenvalue weighted by molar-refractivity contribution is 7.99. The molecule has 5 rings (SSSR count). The summed E-state index contributed by atoms with van der Waals surface area (Å²) >= 11 is 15.1. The zero-order chi connectivity index (χ0) is 24.9. The van der Waals surface area contributed by atoms with Gasteiger partial charge in [-0.3, -0.25) is 9.36 Å². The zero-order valence-electron chi connectivity index (χ0n) is 18.8. The first kappa shape index (κ1) is 24.5. The first-order valence-corrected chi connectivity index (χ1v) is 13.5. The lowest BCUT2D eigenvalue weighted by Crippen LogP contribution is -2.14. The van der Waals surface area contributed by atoms with Crippen molar-refractivity contribution >= 4 is 57.3 Å². The Morgan fingerprint density at radius 3 is 2.47 bits per heavy atom. The molecule has 2 heterocycles. The lowest BCUT2D eigenvalue weighted by Gasteiger charge is -2.10. The summed E-state index contributed by atoms with van der Waals surface area (Å²) in [5.74, 6) is 0.662. The summed E-state index contributed by atoms with van der Waals surface area (Å²) in [5.41, 5.74) is 2.80. The summed E-state index contributed by atoms with van der Waals surface area (Å²) in [6.45, 7) is 0. The molecule has 0 unspecified atom stereocenters. The van der Waals surface area contributed by atoms with Gasteiger partial charge >= 0.3 is 0 Å². The monoisotopic (exact) mass is 551 g/mol. The van der Waals surface area contributed by atoms with Crippen molar-refractivity contribution in [2.45, 2.75) is 11.6 Å². The Hall–Kier alpha value is -3.17. The predicted octanol–water partition coefficient (Wildman–Crippen LogP) is 7.02. The number of hydrogen-bond acceptors (Lipinski definition) is 6. The third-order valence-corrected chi connectivity index (χ3v) is 7.67. The smallest absolute Gasteiger partial charge is 0.236 e. The van der Waals surface area contributed by atoms with E-state index in [0.717, 1.165) is 21.7 Å². The van der Waals surface area contributed by atoms with Gasteiger partial charge in [0, 0.05) is 38.8 Å². The normalized spacial score (nSPS) is 10.9. The second kappa shape index (κ2) is 11.3. The van der Waals surface area contributed by atoms with Crippen LogP contribution < -0.4 is 5.32 Å². The van der Waals surface area contributed by atoms with Crippen LogP contribution in [0.4, 0.5) is 5.13 Å². The van der Waals surface area contributed by atoms with Crippen LogP contribution in [0.2, 0.25) is 10.0 Å². The summed E-state index contributed by atoms with van der Waals surface area (Å²) in [4.78, 5) is 18.1. The number of halogens is 2. The minimum absolute atomic E-state index is 0.153. The van der Waals surface area contributed by atoms with Crippen LogP contribution >= 0.6 is 46.3 Å². The van der Waals surface area contributed by atoms with Crippen molar-refractivity contribution < 1.29 is 4.79 Å². The Labute approximate surface area is 226 Å². The van der Waals surface area contributed by atoms with Crippen LogP contribution in [-0.4, -0.2) is 31.4 Å². The molecule has 0 atom stereocenters. The first-order chi connectivity index (χ1) is 17.6. The number of thiazole rings is 1. The van der Waals surface area contributed by atoms with E-state index in [1.165, 1.54) is 23.1 Å². The molecule has 2 aromatic heterocycles. The van der Waals surface area contributed by atoms with Crippen molar-refractivity contribution in [3.63, 3.8) is 0 Å². The van der Waals surface area contributed by atoms with Crippen molar-refractivity contribution in [1.29, 1.82) is 0 Å². The molecule has 0 radical (unpaired) electrons. The topological polar surface area (TPSA) is 72.7 Å². The molecular weight excluding hydrogens is 533 g/mol. The first-order valence-electron chi connectivity index (χ1n) is 10.9. The number of aromatic nitrogens is 4. The largest absolute Gasteiger partial charge is 0.301 e. The number of benzene rings is 3. The minimum Gasteiger partial charge on any atom is -0.301 e. The molecule has 3 aromatic carbocycles. The summed E-state index contributed by atoms with van der Waals surface area (Å²) in [6, 6.07) is 24.9. The highest BCUT2D eigenvalue weighted by atomic mass is 35.5. The number of hydrogen-bond donors (Lipinski definition) is 1. The summed E-state index contributed by atoms with van der Waals surface area (Å²) in [7, 11) is 0. The highest BCUT2D eigenvalue weighted by Crippen LogP contribution is 2.29. The van der Waals surface area contributed by atoms with E-state index in [1.807, 2.05) is 83.4 Å². The third kappa shape index (κ3) is 5.79. The van der Waals surface area contributed by atoms with E-state index < -0.39 is 0 Å². The molecule has 0 bridgehead atoms. The van der Waals surface area contributed by atoms with Crippen LogP contribution in [0.3, 0.4) is 0 Å². The predicted molar refractivity (Wildman–Crippen MR) is 148 cm³/mol. The average Bonchev–Trinajstić information content (AvgIpc) is 3.52. The molecule has 0 saturated heterocycles. The van der Waals surface area contributed by atoms with Gasteiger partial charge in [-0.05, 0) is 35.9 Å². The molecule has 0 aliphatic heterocycles. The molecule has 1 amide bonds. The molecule has 0 fully saturated rings. The van der Waals surface area contributed by atoms with Gasteiger partial charge in [0.1, 0.15) is 0 Å². The van der Waals surface area contributed by atoms with E-state index in [2.05, 4.69) is 20.5 Å². The summed E-state index contributed by atoms with van der Waals surface area (Å²) in [6.07, 6.45) is 2.43. The van der Waals surface area contributed by atoms with Crippen molar-refractivity contribution in [2.24, 2.45) is 0 Å². The highest BCUT2D eigenvalue weighted by Gasteiger charge is 2.18. The molecule has 10 heteroatoms. The Bertz CT molecular complexity index is 1490. The fourth-order valence-corrected chi connectivity index (χ4v) is 5.45. The van der Waals surface area contributed by atoms with E-state index in [9.17, 15) is 4.79 Å². The van der Waals surface area contributed by atoms with Crippen LogP contribution in [0.25, 0.3) is 17.1 Å². The van der Waals surface area contributed by atoms with Crippen LogP contribution in [0.1, 0.15) is 10.4 Å². The maximum absolute atomic E-state index is 12.7. The fourth-order valence-electron chi connectivity index (χ4n) is 3.52. The molecule has 180 valence electrons. The number of nitrogens with one attached hydrogen (secondary N) is 1. The van der Waals surface area contributed by atoms with Gasteiger partial charge in [0.15, 0.2) is 16.1 Å². The maximum Gasteiger partial charge on any atom is 0.236 e.